The van der Waals surface area contributed by atoms with Gasteiger partial charge in [-0.25, -0.2) is 0 Å². The van der Waals surface area contributed by atoms with Crippen LogP contribution in [0.3, 0.4) is 0 Å². The van der Waals surface area contributed by atoms with Crippen LogP contribution >= 0.6 is 0 Å². The van der Waals surface area contributed by atoms with Crippen molar-refractivity contribution in [3.63, 3.8) is 0 Å². The molecule has 0 heteroatoms. The van der Waals surface area contributed by atoms with Crippen LogP contribution in [0.2, 0.25) is 0 Å². The maximum atomic E-state index is 3.48. The van der Waals surface area contributed by atoms with Crippen LogP contribution in [0.5, 0.6) is 0 Å². The summed E-state index contributed by atoms with van der Waals surface area (Å²) < 4.78 is 0. The second-order valence-corrected chi connectivity index (χ2v) is 2.97. The van der Waals surface area contributed by atoms with Crippen molar-refractivity contribution < 1.29 is 0 Å². The van der Waals surface area contributed by atoms with Crippen LogP contribution in [-0.2, 0) is 0 Å². The Morgan fingerprint density at radius 3 is 1.69 bits per heavy atom. The third kappa shape index (κ3) is 7.07. The van der Waals surface area contributed by atoms with Gasteiger partial charge in [0.15, 0.2) is 0 Å². The van der Waals surface area contributed by atoms with E-state index in [1.807, 2.05) is 12.2 Å². The fourth-order valence-corrected chi connectivity index (χ4v) is 0.925. The van der Waals surface area contributed by atoms with Crippen molar-refractivity contribution in [1.29, 1.82) is 0 Å². The van der Waals surface area contributed by atoms with Gasteiger partial charge in [-0.1, -0.05) is 47.5 Å². The highest BCUT2D eigenvalue weighted by molar-refractivity contribution is 5.20. The molecule has 0 unspecified atom stereocenters. The lowest BCUT2D eigenvalue weighted by molar-refractivity contribution is 1.39. The van der Waals surface area contributed by atoms with Gasteiger partial charge in [0.05, 0.1) is 0 Å². The third-order valence-electron chi connectivity index (χ3n) is 1.51. The summed E-state index contributed by atoms with van der Waals surface area (Å²) >= 11 is 0. The monoisotopic (exact) mass is 174 g/mol. The maximum Gasteiger partial charge on any atom is -0.0175 e. The molecule has 0 fully saturated rings. The van der Waals surface area contributed by atoms with Crippen molar-refractivity contribution in [2.24, 2.45) is 0 Å². The zero-order valence-electron chi connectivity index (χ0n) is 8.59. The van der Waals surface area contributed by atoms with Crippen molar-refractivity contribution >= 4 is 0 Å². The van der Waals surface area contributed by atoms with E-state index in [1.165, 1.54) is 11.1 Å². The van der Waals surface area contributed by atoms with Gasteiger partial charge in [0.1, 0.15) is 0 Å². The fraction of sp³-hybridized carbons (Fsp3) is 0.231. The average Bonchev–Trinajstić information content (AvgIpc) is 2.06. The predicted octanol–water partition coefficient (Wildman–Crippen LogP) is 4.05. The Labute approximate surface area is 81.6 Å². The first-order valence-electron chi connectivity index (χ1n) is 4.45. The molecule has 0 saturated heterocycles. The molecule has 0 aliphatic rings. The summed E-state index contributed by atoms with van der Waals surface area (Å²) in [6.07, 6.45) is 4.54. The van der Waals surface area contributed by atoms with Crippen molar-refractivity contribution in [3.05, 3.63) is 60.7 Å². The van der Waals surface area contributed by atoms with Gasteiger partial charge < -0.3 is 0 Å². The molecule has 0 aliphatic carbocycles. The van der Waals surface area contributed by atoms with E-state index in [0.29, 0.717) is 0 Å². The maximum absolute atomic E-state index is 3.48. The Bertz CT molecular complexity index is 235. The van der Waals surface area contributed by atoms with Crippen molar-refractivity contribution in [2.45, 2.75) is 20.3 Å². The van der Waals surface area contributed by atoms with E-state index < -0.39 is 0 Å². The van der Waals surface area contributed by atoms with Crippen LogP contribution in [0.1, 0.15) is 17.5 Å². The van der Waals surface area contributed by atoms with Crippen LogP contribution in [0.15, 0.2) is 49.6 Å². The van der Waals surface area contributed by atoms with E-state index in [2.05, 4.69) is 51.3 Å². The zero-order chi connectivity index (χ0) is 10.1. The molecule has 0 aromatic heterocycles. The zero-order valence-corrected chi connectivity index (χ0v) is 8.59. The summed E-state index contributed by atoms with van der Waals surface area (Å²) in [6, 6.07) is 8.45. The molecule has 70 valence electrons. The Balaban J connectivity index is 0.000000252. The largest absolute Gasteiger partial charge is 0.103 e. The van der Waals surface area contributed by atoms with Gasteiger partial charge in [-0.2, -0.15) is 0 Å². The van der Waals surface area contributed by atoms with E-state index in [4.69, 9.17) is 0 Å². The van der Waals surface area contributed by atoms with Crippen molar-refractivity contribution in [2.75, 3.05) is 0 Å². The van der Waals surface area contributed by atoms with Gasteiger partial charge in [0.2, 0.25) is 0 Å². The van der Waals surface area contributed by atoms with Crippen LogP contribution in [0.25, 0.3) is 0 Å². The lowest BCUT2D eigenvalue weighted by atomic mass is 10.2. The molecular formula is C13H18. The Morgan fingerprint density at radius 1 is 1.08 bits per heavy atom. The van der Waals surface area contributed by atoms with Gasteiger partial charge in [0.25, 0.3) is 0 Å². The molecule has 0 heterocycles. The van der Waals surface area contributed by atoms with Gasteiger partial charge in [-0.15, -0.1) is 13.2 Å². The van der Waals surface area contributed by atoms with Gasteiger partial charge in [0, 0.05) is 0 Å². The van der Waals surface area contributed by atoms with Crippen LogP contribution in [0.4, 0.5) is 0 Å². The standard InChI is InChI=1S/C8H10.C5H8/c1-7-4-3-5-8(2)6-7;1-3-5-4-2/h3-6H,1-2H3;3-4H,1-2,5H2. The molecule has 1 rings (SSSR count). The topological polar surface area (TPSA) is 0 Å². The summed E-state index contributed by atoms with van der Waals surface area (Å²) in [5, 5.41) is 0. The molecule has 0 bridgehead atoms. The highest BCUT2D eigenvalue weighted by atomic mass is 13.9. The number of hydrogen-bond acceptors (Lipinski definition) is 0. The molecule has 0 amide bonds. The molecule has 0 spiro atoms. The normalized spacial score (nSPS) is 8.15. The summed E-state index contributed by atoms with van der Waals surface area (Å²) in [5.74, 6) is 0. The number of hydrogen-bond donors (Lipinski definition) is 0. The minimum absolute atomic E-state index is 0.917. The minimum Gasteiger partial charge on any atom is -0.103 e. The number of aryl methyl sites for hydroxylation is 2. The Morgan fingerprint density at radius 2 is 1.54 bits per heavy atom. The first kappa shape index (κ1) is 11.7. The second-order valence-electron chi connectivity index (χ2n) is 2.97. The Hall–Kier alpha value is -1.30. The molecule has 0 saturated carbocycles. The van der Waals surface area contributed by atoms with E-state index in [-0.39, 0.29) is 0 Å². The molecule has 0 aliphatic heterocycles. The first-order valence-corrected chi connectivity index (χ1v) is 4.45. The first-order chi connectivity index (χ1) is 6.20. The number of benzene rings is 1. The Kier molecular flexibility index (Phi) is 6.62. The van der Waals surface area contributed by atoms with Gasteiger partial charge in [-0.3, -0.25) is 0 Å². The number of rotatable bonds is 2. The van der Waals surface area contributed by atoms with Crippen LogP contribution in [0, 0.1) is 13.8 Å². The molecule has 0 atom stereocenters. The summed E-state index contributed by atoms with van der Waals surface area (Å²) in [5.41, 5.74) is 2.68. The summed E-state index contributed by atoms with van der Waals surface area (Å²) in [7, 11) is 0. The number of allylic oxidation sites excluding steroid dienone is 2. The third-order valence-corrected chi connectivity index (χ3v) is 1.51. The quantitative estimate of drug-likeness (QED) is 0.593. The highest BCUT2D eigenvalue weighted by Gasteiger charge is 1.80. The van der Waals surface area contributed by atoms with Crippen molar-refractivity contribution in [1.82, 2.24) is 0 Å². The summed E-state index contributed by atoms with van der Waals surface area (Å²) in [4.78, 5) is 0. The second kappa shape index (κ2) is 7.35. The molecular weight excluding hydrogens is 156 g/mol. The molecule has 1 aromatic rings. The highest BCUT2D eigenvalue weighted by Crippen LogP contribution is 2.00. The molecule has 0 nitrogen and oxygen atoms in total. The lowest BCUT2D eigenvalue weighted by Crippen LogP contribution is -1.71. The van der Waals surface area contributed by atoms with E-state index in [9.17, 15) is 0 Å². The van der Waals surface area contributed by atoms with Gasteiger partial charge in [-0.05, 0) is 20.3 Å². The average molecular weight is 174 g/mol. The molecule has 1 aromatic carbocycles. The molecule has 0 radical (unpaired) electrons. The fourth-order valence-electron chi connectivity index (χ4n) is 0.925. The van der Waals surface area contributed by atoms with E-state index >= 15 is 0 Å². The van der Waals surface area contributed by atoms with E-state index in [0.717, 1.165) is 6.42 Å². The predicted molar refractivity (Wildman–Crippen MR) is 60.9 cm³/mol. The lowest BCUT2D eigenvalue weighted by Gasteiger charge is -1.90. The smallest absolute Gasteiger partial charge is 0.0175 e. The SMILES string of the molecule is C=CCC=C.Cc1cccc(C)c1. The molecule has 13 heavy (non-hydrogen) atoms. The summed E-state index contributed by atoms with van der Waals surface area (Å²) in [6.45, 7) is 11.2. The minimum atomic E-state index is 0.917. The van der Waals surface area contributed by atoms with Crippen molar-refractivity contribution in [3.8, 4) is 0 Å². The van der Waals surface area contributed by atoms with E-state index in [1.54, 1.807) is 0 Å². The van der Waals surface area contributed by atoms with Crippen LogP contribution in [-0.4, -0.2) is 0 Å². The van der Waals surface area contributed by atoms with Gasteiger partial charge >= 0.3 is 0 Å². The van der Waals surface area contributed by atoms with Crippen LogP contribution < -0.4 is 0 Å². The molecule has 0 N–H and O–H groups in total.